The van der Waals surface area contributed by atoms with E-state index in [1.165, 1.54) is 0 Å². The van der Waals surface area contributed by atoms with Gasteiger partial charge < -0.3 is 5.11 Å². The summed E-state index contributed by atoms with van der Waals surface area (Å²) in [6.07, 6.45) is -4.61. The van der Waals surface area contributed by atoms with E-state index in [9.17, 15) is 18.0 Å². The molecule has 2 nitrogen and oxygen atoms in total. The number of carbonyl (C=O) groups excluding carboxylic acids is 1. The lowest BCUT2D eigenvalue weighted by Crippen LogP contribution is -2.07. The van der Waals surface area contributed by atoms with Crippen LogP contribution in [0.2, 0.25) is 0 Å². The third kappa shape index (κ3) is 2.71. The predicted octanol–water partition coefficient (Wildman–Crippen LogP) is 2.99. The Bertz CT molecular complexity index is 387. The molecule has 0 radical (unpaired) electrons. The molecule has 0 saturated carbocycles. The van der Waals surface area contributed by atoms with Crippen molar-refractivity contribution in [3.8, 4) is 5.75 Å². The molecule has 0 aliphatic carbocycles. The molecule has 0 spiro atoms. The predicted molar refractivity (Wildman–Crippen MR) is 51.2 cm³/mol. The van der Waals surface area contributed by atoms with Crippen LogP contribution in [0.3, 0.4) is 0 Å². The zero-order chi connectivity index (χ0) is 11.6. The van der Waals surface area contributed by atoms with Gasteiger partial charge in [0.15, 0.2) is 5.78 Å². The third-order valence-electron chi connectivity index (χ3n) is 1.75. The molecular weight excluding hydrogens is 277 g/mol. The molecule has 82 valence electrons. The monoisotopic (exact) mass is 282 g/mol. The zero-order valence-electron chi connectivity index (χ0n) is 7.31. The number of carbonyl (C=O) groups is 1. The van der Waals surface area contributed by atoms with Crippen molar-refractivity contribution in [1.29, 1.82) is 0 Å². The fourth-order valence-corrected chi connectivity index (χ4v) is 1.35. The molecule has 0 aliphatic rings. The minimum Gasteiger partial charge on any atom is -0.507 e. The normalized spacial score (nSPS) is 11.5. The number of halogens is 4. The second-order valence-corrected chi connectivity index (χ2v) is 3.35. The molecule has 0 heterocycles. The summed E-state index contributed by atoms with van der Waals surface area (Å²) >= 11 is 2.88. The lowest BCUT2D eigenvalue weighted by atomic mass is 10.1. The minimum atomic E-state index is -4.61. The number of aromatic hydroxyl groups is 1. The summed E-state index contributed by atoms with van der Waals surface area (Å²) in [4.78, 5) is 11.1. The van der Waals surface area contributed by atoms with Crippen molar-refractivity contribution >= 4 is 21.7 Å². The van der Waals surface area contributed by atoms with Gasteiger partial charge in [-0.1, -0.05) is 22.0 Å². The standard InChI is InChI=1S/C9H6BrF3O2/c10-4-8(15)5-1-2-6(7(14)3-5)9(11,12)13/h1-3,14H,4H2. The Labute approximate surface area is 91.8 Å². The largest absolute Gasteiger partial charge is 0.507 e. The summed E-state index contributed by atoms with van der Waals surface area (Å²) < 4.78 is 36.6. The lowest BCUT2D eigenvalue weighted by Gasteiger charge is -2.09. The molecule has 0 unspecified atom stereocenters. The summed E-state index contributed by atoms with van der Waals surface area (Å²) in [6, 6.07) is 2.53. The third-order valence-corrected chi connectivity index (χ3v) is 2.26. The quantitative estimate of drug-likeness (QED) is 0.669. The van der Waals surface area contributed by atoms with E-state index in [0.717, 1.165) is 12.1 Å². The molecule has 0 fully saturated rings. The number of phenols is 1. The number of alkyl halides is 4. The smallest absolute Gasteiger partial charge is 0.419 e. The molecule has 0 bridgehead atoms. The van der Waals surface area contributed by atoms with Gasteiger partial charge in [-0.05, 0) is 12.1 Å². The number of hydrogen-bond donors (Lipinski definition) is 1. The van der Waals surface area contributed by atoms with Gasteiger partial charge in [-0.2, -0.15) is 13.2 Å². The Morgan fingerprint density at radius 2 is 2.00 bits per heavy atom. The van der Waals surface area contributed by atoms with E-state index in [1.54, 1.807) is 0 Å². The van der Waals surface area contributed by atoms with E-state index in [4.69, 9.17) is 5.11 Å². The Hall–Kier alpha value is -1.04. The van der Waals surface area contributed by atoms with Crippen molar-refractivity contribution < 1.29 is 23.1 Å². The number of phenolic OH excluding ortho intramolecular Hbond substituents is 1. The number of benzene rings is 1. The molecule has 1 N–H and O–H groups in total. The molecule has 6 heteroatoms. The highest BCUT2D eigenvalue weighted by molar-refractivity contribution is 9.09. The maximum atomic E-state index is 12.2. The number of rotatable bonds is 2. The summed E-state index contributed by atoms with van der Waals surface area (Å²) in [7, 11) is 0. The Balaban J connectivity index is 3.15. The van der Waals surface area contributed by atoms with Gasteiger partial charge >= 0.3 is 6.18 Å². The molecule has 1 aromatic rings. The van der Waals surface area contributed by atoms with Crippen molar-refractivity contribution in [1.82, 2.24) is 0 Å². The summed E-state index contributed by atoms with van der Waals surface area (Å²) in [6.45, 7) is 0. The Kier molecular flexibility index (Phi) is 3.38. The fourth-order valence-electron chi connectivity index (χ4n) is 1.02. The van der Waals surface area contributed by atoms with Gasteiger partial charge in [0.2, 0.25) is 0 Å². The van der Waals surface area contributed by atoms with Crippen molar-refractivity contribution in [3.05, 3.63) is 29.3 Å². The highest BCUT2D eigenvalue weighted by Crippen LogP contribution is 2.35. The van der Waals surface area contributed by atoms with Crippen LogP contribution in [-0.2, 0) is 6.18 Å². The van der Waals surface area contributed by atoms with Crippen LogP contribution >= 0.6 is 15.9 Å². The molecular formula is C9H6BrF3O2. The van der Waals surface area contributed by atoms with Crippen LogP contribution in [0.15, 0.2) is 18.2 Å². The Morgan fingerprint density at radius 1 is 1.40 bits per heavy atom. The maximum absolute atomic E-state index is 12.2. The molecule has 1 rings (SSSR count). The molecule has 15 heavy (non-hydrogen) atoms. The van der Waals surface area contributed by atoms with Gasteiger partial charge in [0, 0.05) is 5.56 Å². The van der Waals surface area contributed by atoms with Gasteiger partial charge in [-0.25, -0.2) is 0 Å². The van der Waals surface area contributed by atoms with E-state index in [1.807, 2.05) is 0 Å². The van der Waals surface area contributed by atoms with Gasteiger partial charge in [-0.3, -0.25) is 4.79 Å². The molecule has 0 saturated heterocycles. The Morgan fingerprint density at radius 3 is 2.40 bits per heavy atom. The van der Waals surface area contributed by atoms with Gasteiger partial charge in [0.25, 0.3) is 0 Å². The molecule has 0 aliphatic heterocycles. The van der Waals surface area contributed by atoms with Crippen LogP contribution in [0.4, 0.5) is 13.2 Å². The second kappa shape index (κ2) is 4.22. The maximum Gasteiger partial charge on any atom is 0.419 e. The minimum absolute atomic E-state index is 0.00218. The van der Waals surface area contributed by atoms with Crippen LogP contribution in [0.1, 0.15) is 15.9 Å². The van der Waals surface area contributed by atoms with Crippen molar-refractivity contribution in [3.63, 3.8) is 0 Å². The highest BCUT2D eigenvalue weighted by atomic mass is 79.9. The van der Waals surface area contributed by atoms with E-state index in [0.29, 0.717) is 6.07 Å². The molecule has 0 aromatic heterocycles. The molecule has 0 atom stereocenters. The van der Waals surface area contributed by atoms with E-state index in [-0.39, 0.29) is 16.7 Å². The zero-order valence-corrected chi connectivity index (χ0v) is 8.89. The van der Waals surface area contributed by atoms with Crippen LogP contribution < -0.4 is 0 Å². The number of Topliss-reactive ketones (excluding diaryl/α,β-unsaturated/α-hetero) is 1. The van der Waals surface area contributed by atoms with E-state index >= 15 is 0 Å². The molecule has 1 aromatic carbocycles. The topological polar surface area (TPSA) is 37.3 Å². The first-order chi connectivity index (χ1) is 6.86. The highest BCUT2D eigenvalue weighted by Gasteiger charge is 2.33. The lowest BCUT2D eigenvalue weighted by molar-refractivity contribution is -0.138. The van der Waals surface area contributed by atoms with Crippen molar-refractivity contribution in [2.75, 3.05) is 5.33 Å². The SMILES string of the molecule is O=C(CBr)c1ccc(C(F)(F)F)c(O)c1. The number of ketones is 1. The first kappa shape index (κ1) is 12.0. The second-order valence-electron chi connectivity index (χ2n) is 2.79. The molecule has 0 amide bonds. The first-order valence-corrected chi connectivity index (χ1v) is 4.97. The number of hydrogen-bond acceptors (Lipinski definition) is 2. The first-order valence-electron chi connectivity index (χ1n) is 3.85. The van der Waals surface area contributed by atoms with Crippen molar-refractivity contribution in [2.45, 2.75) is 6.18 Å². The van der Waals surface area contributed by atoms with Crippen LogP contribution in [-0.4, -0.2) is 16.2 Å². The van der Waals surface area contributed by atoms with Crippen LogP contribution in [0.25, 0.3) is 0 Å². The van der Waals surface area contributed by atoms with E-state index < -0.39 is 17.5 Å². The average molecular weight is 283 g/mol. The average Bonchev–Trinajstić information content (AvgIpc) is 2.14. The van der Waals surface area contributed by atoms with Gasteiger partial charge in [-0.15, -0.1) is 0 Å². The van der Waals surface area contributed by atoms with Crippen LogP contribution in [0.5, 0.6) is 5.75 Å². The van der Waals surface area contributed by atoms with E-state index in [2.05, 4.69) is 15.9 Å². The summed E-state index contributed by atoms with van der Waals surface area (Å²) in [5, 5.41) is 9.08. The van der Waals surface area contributed by atoms with Gasteiger partial charge in [0.1, 0.15) is 5.75 Å². The summed E-state index contributed by atoms with van der Waals surface area (Å²) in [5.41, 5.74) is -1.11. The van der Waals surface area contributed by atoms with Gasteiger partial charge in [0.05, 0.1) is 10.9 Å². The van der Waals surface area contributed by atoms with Crippen LogP contribution in [0, 0.1) is 0 Å². The summed E-state index contributed by atoms with van der Waals surface area (Å²) in [5.74, 6) is -1.33. The van der Waals surface area contributed by atoms with Crippen molar-refractivity contribution in [2.24, 2.45) is 0 Å². The fraction of sp³-hybridized carbons (Fsp3) is 0.222.